The molecule has 15 heavy (non-hydrogen) atoms. The van der Waals surface area contributed by atoms with Gasteiger partial charge in [-0.3, -0.25) is 4.79 Å². The van der Waals surface area contributed by atoms with E-state index in [1.54, 1.807) is 0 Å². The molecular formula is C13H13NO. The maximum Gasteiger partial charge on any atom is 0.166 e. The molecule has 0 atom stereocenters. The molecule has 3 rings (SSSR count). The summed E-state index contributed by atoms with van der Waals surface area (Å²) in [5.41, 5.74) is 3.27. The number of fused-ring (bicyclic) bond motifs is 1. The summed E-state index contributed by atoms with van der Waals surface area (Å²) in [6, 6.07) is 8.83. The van der Waals surface area contributed by atoms with Gasteiger partial charge in [0.25, 0.3) is 0 Å². The van der Waals surface area contributed by atoms with Crippen molar-refractivity contribution in [2.75, 3.05) is 0 Å². The summed E-state index contributed by atoms with van der Waals surface area (Å²) in [7, 11) is 0. The van der Waals surface area contributed by atoms with Gasteiger partial charge in [-0.15, -0.1) is 0 Å². The van der Waals surface area contributed by atoms with Crippen LogP contribution >= 0.6 is 0 Å². The summed E-state index contributed by atoms with van der Waals surface area (Å²) >= 11 is 0. The van der Waals surface area contributed by atoms with Gasteiger partial charge >= 0.3 is 0 Å². The molecule has 1 aromatic carbocycles. The molecule has 0 unspecified atom stereocenters. The zero-order chi connectivity index (χ0) is 10.4. The maximum atomic E-state index is 11.0. The van der Waals surface area contributed by atoms with Gasteiger partial charge in [0.2, 0.25) is 0 Å². The number of hydrogen-bond acceptors (Lipinski definition) is 1. The summed E-state index contributed by atoms with van der Waals surface area (Å²) in [6.45, 7) is 2.09. The Kier molecular flexibility index (Phi) is 1.72. The van der Waals surface area contributed by atoms with Gasteiger partial charge in [0.1, 0.15) is 0 Å². The third-order valence-electron chi connectivity index (χ3n) is 3.16. The zero-order valence-electron chi connectivity index (χ0n) is 8.73. The van der Waals surface area contributed by atoms with Crippen LogP contribution in [0.5, 0.6) is 0 Å². The van der Waals surface area contributed by atoms with Crippen molar-refractivity contribution in [3.8, 4) is 0 Å². The molecule has 0 aliphatic heterocycles. The monoisotopic (exact) mass is 199 g/mol. The van der Waals surface area contributed by atoms with Crippen LogP contribution in [0.25, 0.3) is 10.9 Å². The van der Waals surface area contributed by atoms with Gasteiger partial charge in [-0.1, -0.05) is 12.1 Å². The van der Waals surface area contributed by atoms with Crippen molar-refractivity contribution in [3.63, 3.8) is 0 Å². The van der Waals surface area contributed by atoms with Crippen molar-refractivity contribution in [1.82, 2.24) is 4.57 Å². The number of rotatable bonds is 2. The lowest BCUT2D eigenvalue weighted by Gasteiger charge is -2.04. The molecule has 2 nitrogen and oxygen atoms in total. The highest BCUT2D eigenvalue weighted by Gasteiger charge is 2.27. The van der Waals surface area contributed by atoms with Crippen LogP contribution in [0.3, 0.4) is 0 Å². The molecule has 0 amide bonds. The third-order valence-corrected chi connectivity index (χ3v) is 3.16. The molecule has 2 heteroatoms. The first kappa shape index (κ1) is 8.72. The first-order chi connectivity index (χ1) is 7.31. The van der Waals surface area contributed by atoms with Crippen molar-refractivity contribution in [1.29, 1.82) is 0 Å². The Labute approximate surface area is 88.5 Å². The van der Waals surface area contributed by atoms with Crippen LogP contribution in [0.1, 0.15) is 34.9 Å². The Morgan fingerprint density at radius 2 is 2.20 bits per heavy atom. The second kappa shape index (κ2) is 2.96. The number of aromatic nitrogens is 1. The molecule has 1 aliphatic rings. The van der Waals surface area contributed by atoms with Gasteiger partial charge in [0.05, 0.1) is 5.69 Å². The van der Waals surface area contributed by atoms with E-state index in [2.05, 4.69) is 29.7 Å². The summed E-state index contributed by atoms with van der Waals surface area (Å²) in [6.07, 6.45) is 3.38. The number of hydrogen-bond donors (Lipinski definition) is 0. The van der Waals surface area contributed by atoms with E-state index >= 15 is 0 Å². The van der Waals surface area contributed by atoms with Crippen LogP contribution in [0.4, 0.5) is 0 Å². The lowest BCUT2D eigenvalue weighted by molar-refractivity contribution is 0.111. The normalized spacial score (nSPS) is 15.8. The first-order valence-corrected chi connectivity index (χ1v) is 5.37. The summed E-state index contributed by atoms with van der Waals surface area (Å²) in [4.78, 5) is 11.0. The van der Waals surface area contributed by atoms with Crippen LogP contribution in [0.15, 0.2) is 24.3 Å². The number of carbonyl (C=O) groups excluding carboxylic acids is 1. The number of aldehydes is 1. The predicted molar refractivity (Wildman–Crippen MR) is 60.3 cm³/mol. The van der Waals surface area contributed by atoms with Crippen LogP contribution in [0, 0.1) is 6.92 Å². The van der Waals surface area contributed by atoms with Crippen molar-refractivity contribution in [2.45, 2.75) is 25.8 Å². The predicted octanol–water partition coefficient (Wildman–Crippen LogP) is 3.10. The van der Waals surface area contributed by atoms with E-state index in [0.29, 0.717) is 6.04 Å². The summed E-state index contributed by atoms with van der Waals surface area (Å²) in [5, 5.41) is 1.21. The van der Waals surface area contributed by atoms with Crippen LogP contribution < -0.4 is 0 Å². The van der Waals surface area contributed by atoms with Crippen molar-refractivity contribution in [2.24, 2.45) is 0 Å². The van der Waals surface area contributed by atoms with Crippen LogP contribution in [0.2, 0.25) is 0 Å². The molecule has 0 spiro atoms. The topological polar surface area (TPSA) is 22.0 Å². The minimum absolute atomic E-state index is 0.560. The standard InChI is InChI=1S/C13H13NO/c1-9-3-2-4-13-12(9)7-11(8-15)14(13)10-5-6-10/h2-4,7-8,10H,5-6H2,1H3. The fourth-order valence-electron chi connectivity index (χ4n) is 2.25. The average molecular weight is 199 g/mol. The number of carbonyl (C=O) groups is 1. The second-order valence-corrected chi connectivity index (χ2v) is 4.30. The van der Waals surface area contributed by atoms with Gasteiger partial charge in [-0.2, -0.15) is 0 Å². The minimum Gasteiger partial charge on any atom is -0.335 e. The molecule has 2 aromatic rings. The molecule has 0 saturated heterocycles. The number of nitrogens with zero attached hydrogens (tertiary/aromatic N) is 1. The van der Waals surface area contributed by atoms with E-state index in [-0.39, 0.29) is 0 Å². The summed E-state index contributed by atoms with van der Waals surface area (Å²) < 4.78 is 2.19. The molecule has 0 bridgehead atoms. The van der Waals surface area contributed by atoms with Gasteiger partial charge in [-0.05, 0) is 37.5 Å². The maximum absolute atomic E-state index is 11.0. The minimum atomic E-state index is 0.560. The Bertz CT molecular complexity index is 535. The Morgan fingerprint density at radius 3 is 2.87 bits per heavy atom. The number of benzene rings is 1. The molecule has 1 aromatic heterocycles. The van der Waals surface area contributed by atoms with Gasteiger partial charge < -0.3 is 4.57 Å². The Morgan fingerprint density at radius 1 is 1.40 bits per heavy atom. The largest absolute Gasteiger partial charge is 0.335 e. The molecule has 0 N–H and O–H groups in total. The highest BCUT2D eigenvalue weighted by molar-refractivity contribution is 5.91. The first-order valence-electron chi connectivity index (χ1n) is 5.37. The van der Waals surface area contributed by atoms with E-state index in [9.17, 15) is 4.79 Å². The van der Waals surface area contributed by atoms with E-state index in [4.69, 9.17) is 0 Å². The fourth-order valence-corrected chi connectivity index (χ4v) is 2.25. The molecule has 1 fully saturated rings. The van der Waals surface area contributed by atoms with Crippen molar-refractivity contribution in [3.05, 3.63) is 35.5 Å². The van der Waals surface area contributed by atoms with E-state index < -0.39 is 0 Å². The molecule has 1 heterocycles. The molecule has 1 saturated carbocycles. The lowest BCUT2D eigenvalue weighted by atomic mass is 10.1. The zero-order valence-corrected chi connectivity index (χ0v) is 8.73. The lowest BCUT2D eigenvalue weighted by Crippen LogP contribution is -1.98. The second-order valence-electron chi connectivity index (χ2n) is 4.30. The molecule has 0 radical (unpaired) electrons. The van der Waals surface area contributed by atoms with E-state index in [1.165, 1.54) is 29.3 Å². The van der Waals surface area contributed by atoms with Crippen molar-refractivity contribution < 1.29 is 4.79 Å². The highest BCUT2D eigenvalue weighted by Crippen LogP contribution is 2.39. The Hall–Kier alpha value is -1.57. The SMILES string of the molecule is Cc1cccc2c1cc(C=O)n2C1CC1. The average Bonchev–Trinajstić information content (AvgIpc) is 3.00. The van der Waals surface area contributed by atoms with Crippen LogP contribution in [-0.4, -0.2) is 10.9 Å². The third kappa shape index (κ3) is 1.21. The Balaban J connectivity index is 2.38. The van der Waals surface area contributed by atoms with Crippen molar-refractivity contribution >= 4 is 17.2 Å². The quantitative estimate of drug-likeness (QED) is 0.681. The van der Waals surface area contributed by atoms with Gasteiger partial charge in [-0.25, -0.2) is 0 Å². The number of aryl methyl sites for hydroxylation is 1. The van der Waals surface area contributed by atoms with E-state index in [0.717, 1.165) is 12.0 Å². The fraction of sp³-hybridized carbons (Fsp3) is 0.308. The van der Waals surface area contributed by atoms with Crippen LogP contribution in [-0.2, 0) is 0 Å². The summed E-state index contributed by atoms with van der Waals surface area (Å²) in [5.74, 6) is 0. The molecule has 1 aliphatic carbocycles. The van der Waals surface area contributed by atoms with Gasteiger partial charge in [0, 0.05) is 16.9 Å². The highest BCUT2D eigenvalue weighted by atomic mass is 16.1. The van der Waals surface area contributed by atoms with E-state index in [1.807, 2.05) is 6.07 Å². The molecular weight excluding hydrogens is 186 g/mol. The molecule has 76 valence electrons. The van der Waals surface area contributed by atoms with Gasteiger partial charge in [0.15, 0.2) is 6.29 Å². The smallest absolute Gasteiger partial charge is 0.166 e.